The Hall–Kier alpha value is -2.13. The van der Waals surface area contributed by atoms with Crippen molar-refractivity contribution in [1.29, 1.82) is 0 Å². The van der Waals surface area contributed by atoms with Crippen molar-refractivity contribution in [2.45, 2.75) is 31.8 Å². The highest BCUT2D eigenvalue weighted by molar-refractivity contribution is 5.95. The van der Waals surface area contributed by atoms with Crippen molar-refractivity contribution >= 4 is 5.91 Å². The van der Waals surface area contributed by atoms with Crippen LogP contribution in [0, 0.1) is 0 Å². The molecule has 1 aliphatic rings. The fourth-order valence-corrected chi connectivity index (χ4v) is 2.99. The molecule has 2 aromatic carbocycles. The van der Waals surface area contributed by atoms with Crippen LogP contribution in [0.2, 0.25) is 0 Å². The molecule has 3 nitrogen and oxygen atoms in total. The van der Waals surface area contributed by atoms with E-state index < -0.39 is 0 Å². The second-order valence-corrected chi connectivity index (χ2v) is 5.99. The lowest BCUT2D eigenvalue weighted by Gasteiger charge is -2.13. The van der Waals surface area contributed by atoms with E-state index in [1.54, 1.807) is 0 Å². The normalized spacial score (nSPS) is 17.1. The third-order valence-corrected chi connectivity index (χ3v) is 4.30. The monoisotopic (exact) mass is 309 g/mol. The summed E-state index contributed by atoms with van der Waals surface area (Å²) in [5.41, 5.74) is 3.17. The first kappa shape index (κ1) is 15.8. The van der Waals surface area contributed by atoms with Gasteiger partial charge in [0.25, 0.3) is 5.91 Å². The molecule has 0 radical (unpaired) electrons. The molecule has 1 N–H and O–H groups in total. The summed E-state index contributed by atoms with van der Waals surface area (Å²) < 4.78 is 5.56. The quantitative estimate of drug-likeness (QED) is 0.888. The van der Waals surface area contributed by atoms with Crippen molar-refractivity contribution < 1.29 is 9.53 Å². The van der Waals surface area contributed by atoms with E-state index >= 15 is 0 Å². The Kier molecular flexibility index (Phi) is 5.43. The zero-order valence-electron chi connectivity index (χ0n) is 13.3. The predicted molar refractivity (Wildman–Crippen MR) is 91.6 cm³/mol. The Bertz CT molecular complexity index is 633. The molecule has 0 spiro atoms. The van der Waals surface area contributed by atoms with Gasteiger partial charge in [-0.1, -0.05) is 48.5 Å². The van der Waals surface area contributed by atoms with Gasteiger partial charge in [-0.25, -0.2) is 0 Å². The van der Waals surface area contributed by atoms with Gasteiger partial charge in [0.15, 0.2) is 0 Å². The van der Waals surface area contributed by atoms with E-state index in [2.05, 4.69) is 29.6 Å². The molecular weight excluding hydrogens is 286 g/mol. The van der Waals surface area contributed by atoms with Crippen LogP contribution in [0.4, 0.5) is 0 Å². The number of ether oxygens (including phenoxy) is 1. The molecule has 1 amide bonds. The zero-order chi connectivity index (χ0) is 15.9. The Labute approximate surface area is 137 Å². The summed E-state index contributed by atoms with van der Waals surface area (Å²) in [6.07, 6.45) is 4.12. The zero-order valence-corrected chi connectivity index (χ0v) is 13.3. The van der Waals surface area contributed by atoms with E-state index in [1.807, 2.05) is 30.3 Å². The Morgan fingerprint density at radius 1 is 1.04 bits per heavy atom. The second kappa shape index (κ2) is 7.93. The molecule has 1 aliphatic heterocycles. The Morgan fingerprint density at radius 2 is 1.83 bits per heavy atom. The first-order valence-corrected chi connectivity index (χ1v) is 8.34. The minimum atomic E-state index is 0.00385. The molecule has 1 fully saturated rings. The third kappa shape index (κ3) is 4.42. The van der Waals surface area contributed by atoms with Crippen LogP contribution in [0.3, 0.4) is 0 Å². The number of rotatable bonds is 6. The number of benzene rings is 2. The number of nitrogens with one attached hydrogen (secondary N) is 1. The lowest BCUT2D eigenvalue weighted by atomic mass is 9.99. The highest BCUT2D eigenvalue weighted by Gasteiger charge is 2.17. The van der Waals surface area contributed by atoms with Gasteiger partial charge in [-0.3, -0.25) is 4.79 Å². The van der Waals surface area contributed by atoms with Crippen molar-refractivity contribution in [3.63, 3.8) is 0 Å². The van der Waals surface area contributed by atoms with Gasteiger partial charge in [-0.15, -0.1) is 0 Å². The first-order valence-electron chi connectivity index (χ1n) is 8.34. The second-order valence-electron chi connectivity index (χ2n) is 5.99. The minimum absolute atomic E-state index is 0.00385. The summed E-state index contributed by atoms with van der Waals surface area (Å²) >= 11 is 0. The summed E-state index contributed by atoms with van der Waals surface area (Å²) in [5, 5.41) is 3.02. The molecule has 0 bridgehead atoms. The van der Waals surface area contributed by atoms with Gasteiger partial charge < -0.3 is 10.1 Å². The molecule has 0 unspecified atom stereocenters. The number of hydrogen-bond acceptors (Lipinski definition) is 2. The number of carbonyl (C=O) groups excluding carboxylic acids is 1. The van der Waals surface area contributed by atoms with E-state index in [0.717, 1.165) is 43.4 Å². The fraction of sp³-hybridized carbons (Fsp3) is 0.350. The molecule has 1 heterocycles. The van der Waals surface area contributed by atoms with E-state index in [0.29, 0.717) is 6.54 Å². The minimum Gasteiger partial charge on any atom is -0.376 e. The van der Waals surface area contributed by atoms with Crippen LogP contribution < -0.4 is 5.32 Å². The predicted octanol–water partition coefficient (Wildman–Crippen LogP) is 3.38. The molecule has 1 atom stereocenters. The van der Waals surface area contributed by atoms with Crippen molar-refractivity contribution in [3.8, 4) is 0 Å². The third-order valence-electron chi connectivity index (χ3n) is 4.30. The number of carbonyl (C=O) groups is 1. The van der Waals surface area contributed by atoms with Gasteiger partial charge >= 0.3 is 0 Å². The molecule has 0 saturated carbocycles. The standard InChI is InChI=1S/C20H23NO2/c22-20(21-15-18-10-6-14-23-18)19-11-5-4-9-17(19)13-12-16-7-2-1-3-8-16/h1-5,7-9,11,18H,6,10,12-15H2,(H,21,22)/t18-/m1/s1. The summed E-state index contributed by atoms with van der Waals surface area (Å²) in [6.45, 7) is 1.42. The highest BCUT2D eigenvalue weighted by Crippen LogP contribution is 2.14. The lowest BCUT2D eigenvalue weighted by Crippen LogP contribution is -2.32. The maximum Gasteiger partial charge on any atom is 0.251 e. The maximum atomic E-state index is 12.5. The van der Waals surface area contributed by atoms with Crippen LogP contribution in [0.1, 0.15) is 34.3 Å². The Balaban J connectivity index is 1.61. The maximum absolute atomic E-state index is 12.5. The topological polar surface area (TPSA) is 38.3 Å². The summed E-state index contributed by atoms with van der Waals surface area (Å²) in [7, 11) is 0. The van der Waals surface area contributed by atoms with Crippen molar-refractivity contribution in [3.05, 3.63) is 71.3 Å². The molecule has 2 aromatic rings. The molecular formula is C20H23NO2. The van der Waals surface area contributed by atoms with Crippen LogP contribution >= 0.6 is 0 Å². The van der Waals surface area contributed by atoms with Gasteiger partial charge in [0.2, 0.25) is 0 Å². The van der Waals surface area contributed by atoms with Crippen LogP contribution in [0.5, 0.6) is 0 Å². The molecule has 0 aliphatic carbocycles. The largest absolute Gasteiger partial charge is 0.376 e. The molecule has 3 heteroatoms. The lowest BCUT2D eigenvalue weighted by molar-refractivity contribution is 0.0857. The van der Waals surface area contributed by atoms with Gasteiger partial charge in [-0.05, 0) is 42.9 Å². The number of hydrogen-bond donors (Lipinski definition) is 1. The summed E-state index contributed by atoms with van der Waals surface area (Å²) in [5.74, 6) is 0.00385. The average molecular weight is 309 g/mol. The van der Waals surface area contributed by atoms with E-state index in [-0.39, 0.29) is 12.0 Å². The molecule has 0 aromatic heterocycles. The van der Waals surface area contributed by atoms with E-state index in [4.69, 9.17) is 4.74 Å². The van der Waals surface area contributed by atoms with Gasteiger partial charge in [0.1, 0.15) is 0 Å². The molecule has 1 saturated heterocycles. The van der Waals surface area contributed by atoms with Crippen molar-refractivity contribution in [1.82, 2.24) is 5.32 Å². The van der Waals surface area contributed by atoms with Gasteiger partial charge in [0, 0.05) is 18.7 Å². The van der Waals surface area contributed by atoms with Crippen LogP contribution in [-0.4, -0.2) is 25.2 Å². The smallest absolute Gasteiger partial charge is 0.251 e. The average Bonchev–Trinajstić information content (AvgIpc) is 3.12. The van der Waals surface area contributed by atoms with Crippen molar-refractivity contribution in [2.24, 2.45) is 0 Å². The molecule has 23 heavy (non-hydrogen) atoms. The Morgan fingerprint density at radius 3 is 2.61 bits per heavy atom. The van der Waals surface area contributed by atoms with Crippen LogP contribution in [-0.2, 0) is 17.6 Å². The fourth-order valence-electron chi connectivity index (χ4n) is 2.99. The van der Waals surface area contributed by atoms with Crippen LogP contribution in [0.25, 0.3) is 0 Å². The number of aryl methyl sites for hydroxylation is 2. The molecule has 120 valence electrons. The van der Waals surface area contributed by atoms with Crippen LogP contribution in [0.15, 0.2) is 54.6 Å². The van der Waals surface area contributed by atoms with E-state index in [1.165, 1.54) is 5.56 Å². The summed E-state index contributed by atoms with van der Waals surface area (Å²) in [4.78, 5) is 12.5. The van der Waals surface area contributed by atoms with E-state index in [9.17, 15) is 4.79 Å². The SMILES string of the molecule is O=C(NC[C@H]1CCCO1)c1ccccc1CCc1ccccc1. The highest BCUT2D eigenvalue weighted by atomic mass is 16.5. The van der Waals surface area contributed by atoms with Gasteiger partial charge in [0.05, 0.1) is 6.10 Å². The van der Waals surface area contributed by atoms with Gasteiger partial charge in [-0.2, -0.15) is 0 Å². The summed E-state index contributed by atoms with van der Waals surface area (Å²) in [6, 6.07) is 18.3. The molecule has 3 rings (SSSR count). The number of amides is 1. The van der Waals surface area contributed by atoms with Crippen molar-refractivity contribution in [2.75, 3.05) is 13.2 Å². The first-order chi connectivity index (χ1) is 11.3.